The van der Waals surface area contributed by atoms with Crippen molar-refractivity contribution in [1.82, 2.24) is 28.7 Å². The smallest absolute Gasteiger partial charge is 0.291 e. The van der Waals surface area contributed by atoms with Gasteiger partial charge in [0.25, 0.3) is 0 Å². The molecule has 0 atom stereocenters. The molecule has 142 valence electrons. The summed E-state index contributed by atoms with van der Waals surface area (Å²) < 4.78 is 76.4. The Hall–Kier alpha value is -2.70. The van der Waals surface area contributed by atoms with Gasteiger partial charge in [-0.25, -0.2) is 19.9 Å². The minimum atomic E-state index is -4.43. The first-order valence-corrected chi connectivity index (χ1v) is 7.79. The quantitative estimate of drug-likeness (QED) is 0.374. The molecule has 4 rings (SSSR count). The molecule has 0 aliphatic rings. The third-order valence-electron chi connectivity index (χ3n) is 3.18. The zero-order valence-corrected chi connectivity index (χ0v) is 14.5. The molecule has 0 saturated carbocycles. The highest BCUT2D eigenvalue weighted by molar-refractivity contribution is 9.10. The minimum Gasteiger partial charge on any atom is -0.291 e. The van der Waals surface area contributed by atoms with E-state index in [0.29, 0.717) is 4.60 Å². The number of fused-ring (bicyclic) bond motifs is 2. The summed E-state index contributed by atoms with van der Waals surface area (Å²) in [5.41, 5.74) is -1.87. The Morgan fingerprint density at radius 1 is 0.778 bits per heavy atom. The van der Waals surface area contributed by atoms with E-state index in [9.17, 15) is 26.3 Å². The summed E-state index contributed by atoms with van der Waals surface area (Å²) in [6.45, 7) is 0. The van der Waals surface area contributed by atoms with Gasteiger partial charge in [-0.2, -0.15) is 26.3 Å². The standard InChI is InChI=1S/C7H3BrF3N3.C7H4F3N3/c8-5-3-12-6-13-4(7(9,10)11)1-2-14(5)6;8-7(9,10)5-1-3-13-4-2-11-6(13)12-5/h1-3H;1-4H. The summed E-state index contributed by atoms with van der Waals surface area (Å²) in [6, 6.07) is 1.81. The molecule has 4 aromatic heterocycles. The van der Waals surface area contributed by atoms with Gasteiger partial charge < -0.3 is 0 Å². The van der Waals surface area contributed by atoms with Crippen LogP contribution < -0.4 is 0 Å². The molecule has 0 N–H and O–H groups in total. The molecule has 0 amide bonds. The van der Waals surface area contributed by atoms with Crippen molar-refractivity contribution in [2.75, 3.05) is 0 Å². The predicted molar refractivity (Wildman–Crippen MR) is 83.7 cm³/mol. The molecule has 0 radical (unpaired) electrons. The third-order valence-corrected chi connectivity index (χ3v) is 3.76. The minimum absolute atomic E-state index is 0.0201. The molecule has 0 aromatic carbocycles. The first-order valence-electron chi connectivity index (χ1n) is 6.99. The predicted octanol–water partition coefficient (Wildman–Crippen LogP) is 4.26. The van der Waals surface area contributed by atoms with Gasteiger partial charge in [-0.1, -0.05) is 0 Å². The number of aromatic nitrogens is 6. The topological polar surface area (TPSA) is 60.4 Å². The van der Waals surface area contributed by atoms with E-state index < -0.39 is 23.7 Å². The van der Waals surface area contributed by atoms with Crippen molar-refractivity contribution in [2.45, 2.75) is 12.4 Å². The zero-order chi connectivity index (χ0) is 19.8. The zero-order valence-electron chi connectivity index (χ0n) is 12.9. The molecule has 0 bridgehead atoms. The van der Waals surface area contributed by atoms with Crippen LogP contribution >= 0.6 is 15.9 Å². The Morgan fingerprint density at radius 3 is 2.00 bits per heavy atom. The van der Waals surface area contributed by atoms with Crippen LogP contribution in [0.5, 0.6) is 0 Å². The van der Waals surface area contributed by atoms with Crippen LogP contribution in [0.25, 0.3) is 11.6 Å². The number of hydrogen-bond acceptors (Lipinski definition) is 4. The van der Waals surface area contributed by atoms with Crippen molar-refractivity contribution in [3.8, 4) is 0 Å². The SMILES string of the molecule is FC(F)(F)c1ccn2c(Br)cnc2n1.FC(F)(F)c1ccn2ccnc2n1. The molecule has 0 aliphatic carbocycles. The Morgan fingerprint density at radius 2 is 1.37 bits per heavy atom. The second-order valence-corrected chi connectivity index (χ2v) is 5.82. The summed E-state index contributed by atoms with van der Waals surface area (Å²) in [7, 11) is 0. The molecular formula is C14H7BrF6N6. The van der Waals surface area contributed by atoms with Gasteiger partial charge in [0.15, 0.2) is 0 Å². The molecule has 0 saturated heterocycles. The second-order valence-electron chi connectivity index (χ2n) is 5.01. The van der Waals surface area contributed by atoms with Crippen LogP contribution in [0.3, 0.4) is 0 Å². The van der Waals surface area contributed by atoms with Crippen molar-refractivity contribution in [3.63, 3.8) is 0 Å². The molecule has 0 unspecified atom stereocenters. The fourth-order valence-electron chi connectivity index (χ4n) is 1.96. The van der Waals surface area contributed by atoms with Crippen molar-refractivity contribution in [1.29, 1.82) is 0 Å². The Bertz CT molecular complexity index is 1080. The van der Waals surface area contributed by atoms with Gasteiger partial charge in [-0.3, -0.25) is 8.80 Å². The van der Waals surface area contributed by atoms with Crippen LogP contribution in [0, 0.1) is 0 Å². The van der Waals surface area contributed by atoms with Gasteiger partial charge in [0, 0.05) is 24.8 Å². The largest absolute Gasteiger partial charge is 0.433 e. The van der Waals surface area contributed by atoms with E-state index in [1.54, 1.807) is 0 Å². The van der Waals surface area contributed by atoms with Gasteiger partial charge in [-0.05, 0) is 28.1 Å². The lowest BCUT2D eigenvalue weighted by molar-refractivity contribution is -0.141. The highest BCUT2D eigenvalue weighted by Gasteiger charge is 2.33. The van der Waals surface area contributed by atoms with Gasteiger partial charge in [0.05, 0.1) is 6.20 Å². The molecule has 4 heterocycles. The number of rotatable bonds is 0. The average molecular weight is 453 g/mol. The maximum absolute atomic E-state index is 12.2. The average Bonchev–Trinajstić information content (AvgIpc) is 3.19. The Labute approximate surface area is 154 Å². The summed E-state index contributed by atoms with van der Waals surface area (Å²) >= 11 is 3.12. The lowest BCUT2D eigenvalue weighted by atomic mass is 10.4. The van der Waals surface area contributed by atoms with E-state index in [-0.39, 0.29) is 11.6 Å². The molecule has 0 fully saturated rings. The molecule has 0 spiro atoms. The highest BCUT2D eigenvalue weighted by atomic mass is 79.9. The first kappa shape index (κ1) is 19.1. The van der Waals surface area contributed by atoms with Crippen LogP contribution in [-0.2, 0) is 12.4 Å². The summed E-state index contributed by atoms with van der Waals surface area (Å²) in [6.07, 6.45) is -1.98. The van der Waals surface area contributed by atoms with Gasteiger partial charge in [-0.15, -0.1) is 0 Å². The molecule has 13 heteroatoms. The molecule has 4 aromatic rings. The second kappa shape index (κ2) is 6.79. The van der Waals surface area contributed by atoms with Crippen molar-refractivity contribution < 1.29 is 26.3 Å². The van der Waals surface area contributed by atoms with E-state index in [1.807, 2.05) is 0 Å². The van der Waals surface area contributed by atoms with Crippen LogP contribution in [0.15, 0.2) is 47.7 Å². The molecule has 27 heavy (non-hydrogen) atoms. The van der Waals surface area contributed by atoms with Crippen LogP contribution in [0.2, 0.25) is 0 Å². The maximum Gasteiger partial charge on any atom is 0.433 e. The van der Waals surface area contributed by atoms with Crippen molar-refractivity contribution in [3.05, 3.63) is 59.1 Å². The Balaban J connectivity index is 0.000000156. The van der Waals surface area contributed by atoms with Gasteiger partial charge in [0.1, 0.15) is 16.0 Å². The summed E-state index contributed by atoms with van der Waals surface area (Å²) in [4.78, 5) is 14.0. The van der Waals surface area contributed by atoms with Crippen molar-refractivity contribution >= 4 is 27.5 Å². The lowest BCUT2D eigenvalue weighted by Gasteiger charge is -2.04. The van der Waals surface area contributed by atoms with E-state index in [1.165, 1.54) is 39.8 Å². The van der Waals surface area contributed by atoms with E-state index >= 15 is 0 Å². The van der Waals surface area contributed by atoms with Gasteiger partial charge in [0.2, 0.25) is 11.6 Å². The maximum atomic E-state index is 12.2. The van der Waals surface area contributed by atoms with Gasteiger partial charge >= 0.3 is 12.4 Å². The number of nitrogens with zero attached hydrogens (tertiary/aromatic N) is 6. The van der Waals surface area contributed by atoms with Crippen LogP contribution in [0.4, 0.5) is 26.3 Å². The fraction of sp³-hybridized carbons (Fsp3) is 0.143. The lowest BCUT2D eigenvalue weighted by Crippen LogP contribution is -2.08. The van der Waals surface area contributed by atoms with Crippen molar-refractivity contribution in [2.24, 2.45) is 0 Å². The van der Waals surface area contributed by atoms with Crippen LogP contribution in [-0.4, -0.2) is 28.7 Å². The fourth-order valence-corrected chi connectivity index (χ4v) is 2.34. The number of halogens is 7. The monoisotopic (exact) mass is 452 g/mol. The number of hydrogen-bond donors (Lipinski definition) is 0. The summed E-state index contributed by atoms with van der Waals surface area (Å²) in [5, 5.41) is 0. The Kier molecular flexibility index (Phi) is 4.80. The highest BCUT2D eigenvalue weighted by Crippen LogP contribution is 2.28. The first-order chi connectivity index (χ1) is 12.6. The molecular weight excluding hydrogens is 446 g/mol. The number of imidazole rings is 2. The van der Waals surface area contributed by atoms with E-state index in [4.69, 9.17) is 0 Å². The normalized spacial score (nSPS) is 12.3. The third kappa shape index (κ3) is 4.18. The molecule has 0 aliphatic heterocycles. The van der Waals surface area contributed by atoms with Crippen LogP contribution in [0.1, 0.15) is 11.4 Å². The number of alkyl halides is 6. The molecule has 6 nitrogen and oxygen atoms in total. The van der Waals surface area contributed by atoms with E-state index in [0.717, 1.165) is 12.1 Å². The van der Waals surface area contributed by atoms with E-state index in [2.05, 4.69) is 35.9 Å². The summed E-state index contributed by atoms with van der Waals surface area (Å²) in [5.74, 6) is 0.0709.